The summed E-state index contributed by atoms with van der Waals surface area (Å²) in [6.45, 7) is 11.4. The monoisotopic (exact) mass is 329 g/mol. The number of carbonyl (C=O) groups is 1. The van der Waals surface area contributed by atoms with Crippen LogP contribution in [-0.4, -0.2) is 66.4 Å². The number of likely N-dealkylation sites (N-methyl/N-ethyl adjacent to an activating group) is 1. The third-order valence-electron chi connectivity index (χ3n) is 5.89. The van der Waals surface area contributed by atoms with E-state index < -0.39 is 0 Å². The number of aryl methyl sites for hydroxylation is 2. The first-order chi connectivity index (χ1) is 11.5. The predicted molar refractivity (Wildman–Crippen MR) is 98.1 cm³/mol. The van der Waals surface area contributed by atoms with Gasteiger partial charge in [0.2, 0.25) is 5.91 Å². The summed E-state index contributed by atoms with van der Waals surface area (Å²) in [4.78, 5) is 19.9. The van der Waals surface area contributed by atoms with Gasteiger partial charge in [0.15, 0.2) is 0 Å². The molecule has 2 aliphatic heterocycles. The van der Waals surface area contributed by atoms with E-state index >= 15 is 0 Å². The van der Waals surface area contributed by atoms with Crippen LogP contribution >= 0.6 is 0 Å². The zero-order chi connectivity index (χ0) is 17.3. The summed E-state index contributed by atoms with van der Waals surface area (Å²) in [5.74, 6) is 0.306. The lowest BCUT2D eigenvalue weighted by Gasteiger charge is -2.38. The minimum absolute atomic E-state index is 0.00848. The van der Waals surface area contributed by atoms with Crippen molar-refractivity contribution in [2.75, 3.05) is 39.8 Å². The molecule has 2 atom stereocenters. The molecule has 4 nitrogen and oxygen atoms in total. The molecule has 24 heavy (non-hydrogen) atoms. The summed E-state index contributed by atoms with van der Waals surface area (Å²) in [7, 11) is 2.15. The van der Waals surface area contributed by atoms with E-state index in [0.29, 0.717) is 5.91 Å². The Balaban J connectivity index is 1.72. The number of piperazine rings is 1. The molecule has 0 bridgehead atoms. The average Bonchev–Trinajstić information content (AvgIpc) is 3.06. The molecule has 0 aromatic heterocycles. The molecular weight excluding hydrogens is 298 g/mol. The lowest BCUT2D eigenvalue weighted by Crippen LogP contribution is -2.53. The van der Waals surface area contributed by atoms with Crippen LogP contribution in [0.25, 0.3) is 0 Å². The molecular formula is C20H31N3O. The zero-order valence-electron chi connectivity index (χ0n) is 15.6. The van der Waals surface area contributed by atoms with Gasteiger partial charge in [0.05, 0.1) is 12.1 Å². The van der Waals surface area contributed by atoms with Crippen molar-refractivity contribution in [3.63, 3.8) is 0 Å². The number of nitrogens with zero attached hydrogens (tertiary/aromatic N) is 3. The first-order valence-corrected chi connectivity index (χ1v) is 9.27. The molecule has 0 aliphatic carbocycles. The van der Waals surface area contributed by atoms with Crippen LogP contribution in [0, 0.1) is 13.8 Å². The maximum atomic E-state index is 13.1. The number of amides is 1. The van der Waals surface area contributed by atoms with Gasteiger partial charge in [0.25, 0.3) is 0 Å². The number of hydrogen-bond acceptors (Lipinski definition) is 3. The molecule has 2 aliphatic rings. The highest BCUT2D eigenvalue weighted by molar-refractivity contribution is 5.82. The van der Waals surface area contributed by atoms with Gasteiger partial charge in [-0.1, -0.05) is 18.2 Å². The maximum Gasteiger partial charge on any atom is 0.240 e. The molecule has 3 rings (SSSR count). The molecule has 0 radical (unpaired) electrons. The van der Waals surface area contributed by atoms with Crippen LogP contribution in [0.1, 0.15) is 42.5 Å². The number of likely N-dealkylation sites (tertiary alicyclic amines) is 1. The van der Waals surface area contributed by atoms with Crippen LogP contribution in [0.15, 0.2) is 18.2 Å². The zero-order valence-corrected chi connectivity index (χ0v) is 15.6. The van der Waals surface area contributed by atoms with Crippen molar-refractivity contribution < 1.29 is 4.79 Å². The first kappa shape index (κ1) is 17.4. The van der Waals surface area contributed by atoms with Gasteiger partial charge >= 0.3 is 0 Å². The van der Waals surface area contributed by atoms with Crippen molar-refractivity contribution in [2.24, 2.45) is 0 Å². The van der Waals surface area contributed by atoms with E-state index in [9.17, 15) is 4.79 Å². The maximum absolute atomic E-state index is 13.1. The minimum atomic E-state index is -0.00848. The van der Waals surface area contributed by atoms with E-state index in [4.69, 9.17) is 0 Å². The van der Waals surface area contributed by atoms with E-state index in [0.717, 1.165) is 45.6 Å². The average molecular weight is 329 g/mol. The second-order valence-corrected chi connectivity index (χ2v) is 7.55. The first-order valence-electron chi connectivity index (χ1n) is 9.27. The number of benzene rings is 1. The van der Waals surface area contributed by atoms with Crippen molar-refractivity contribution in [2.45, 2.75) is 45.7 Å². The van der Waals surface area contributed by atoms with Crippen LogP contribution in [-0.2, 0) is 4.79 Å². The molecule has 0 spiro atoms. The van der Waals surface area contributed by atoms with Gasteiger partial charge in [-0.3, -0.25) is 9.69 Å². The van der Waals surface area contributed by atoms with E-state index in [1.54, 1.807) is 0 Å². The van der Waals surface area contributed by atoms with E-state index in [1.165, 1.54) is 16.7 Å². The molecule has 132 valence electrons. The number of carbonyl (C=O) groups excluding carboxylic acids is 1. The van der Waals surface area contributed by atoms with Crippen molar-refractivity contribution >= 4 is 5.91 Å². The van der Waals surface area contributed by atoms with Crippen molar-refractivity contribution in [3.8, 4) is 0 Å². The Kier molecular flexibility index (Phi) is 5.26. The Labute approximate surface area is 146 Å². The molecule has 0 unspecified atom stereocenters. The fourth-order valence-corrected chi connectivity index (χ4v) is 3.95. The quantitative estimate of drug-likeness (QED) is 0.853. The standard InChI is InChI=1S/C20H31N3O/c1-15-7-8-18(14-16(15)2)19-6-5-9-23(19)20(24)17(3)22-12-10-21(4)11-13-22/h7-8,14,17,19H,5-6,9-13H2,1-4H3/t17-,19-/m1/s1. The summed E-state index contributed by atoms with van der Waals surface area (Å²) >= 11 is 0. The van der Waals surface area contributed by atoms with Crippen LogP contribution in [0.5, 0.6) is 0 Å². The second kappa shape index (κ2) is 7.24. The predicted octanol–water partition coefficient (Wildman–Crippen LogP) is 2.60. The second-order valence-electron chi connectivity index (χ2n) is 7.55. The van der Waals surface area contributed by atoms with Gasteiger partial charge in [0.1, 0.15) is 0 Å². The van der Waals surface area contributed by atoms with Crippen LogP contribution in [0.2, 0.25) is 0 Å². The third kappa shape index (κ3) is 3.50. The number of hydrogen-bond donors (Lipinski definition) is 0. The Bertz CT molecular complexity index is 593. The minimum Gasteiger partial charge on any atom is -0.334 e. The lowest BCUT2D eigenvalue weighted by molar-refractivity contribution is -0.138. The van der Waals surface area contributed by atoms with Crippen molar-refractivity contribution in [1.82, 2.24) is 14.7 Å². The molecule has 0 N–H and O–H groups in total. The highest BCUT2D eigenvalue weighted by Crippen LogP contribution is 2.33. The third-order valence-corrected chi connectivity index (χ3v) is 5.89. The van der Waals surface area contributed by atoms with Crippen LogP contribution in [0.3, 0.4) is 0 Å². The van der Waals surface area contributed by atoms with Gasteiger partial charge in [-0.05, 0) is 57.4 Å². The topological polar surface area (TPSA) is 26.8 Å². The molecule has 4 heteroatoms. The van der Waals surface area contributed by atoms with E-state index in [-0.39, 0.29) is 12.1 Å². The van der Waals surface area contributed by atoms with Gasteiger partial charge in [0, 0.05) is 32.7 Å². The van der Waals surface area contributed by atoms with E-state index in [2.05, 4.69) is 60.7 Å². The van der Waals surface area contributed by atoms with Gasteiger partial charge in [-0.15, -0.1) is 0 Å². The van der Waals surface area contributed by atoms with Crippen LogP contribution in [0.4, 0.5) is 0 Å². The Morgan fingerprint density at radius 2 is 1.79 bits per heavy atom. The summed E-state index contributed by atoms with van der Waals surface area (Å²) < 4.78 is 0. The van der Waals surface area contributed by atoms with Crippen LogP contribution < -0.4 is 0 Å². The van der Waals surface area contributed by atoms with Gasteiger partial charge in [-0.25, -0.2) is 0 Å². The Morgan fingerprint density at radius 1 is 1.08 bits per heavy atom. The summed E-state index contributed by atoms with van der Waals surface area (Å²) in [5, 5.41) is 0. The Hall–Kier alpha value is -1.39. The number of rotatable bonds is 3. The normalized spacial score (nSPS) is 24.3. The largest absolute Gasteiger partial charge is 0.334 e. The molecule has 1 amide bonds. The molecule has 2 saturated heterocycles. The highest BCUT2D eigenvalue weighted by Gasteiger charge is 2.35. The van der Waals surface area contributed by atoms with Crippen molar-refractivity contribution in [3.05, 3.63) is 34.9 Å². The molecule has 1 aromatic rings. The summed E-state index contributed by atoms with van der Waals surface area (Å²) in [5.41, 5.74) is 3.94. The SMILES string of the molecule is Cc1ccc([C@H]2CCCN2C(=O)[C@@H](C)N2CCN(C)CC2)cc1C. The van der Waals surface area contributed by atoms with Gasteiger partial charge < -0.3 is 9.80 Å². The fourth-order valence-electron chi connectivity index (χ4n) is 3.95. The van der Waals surface area contributed by atoms with E-state index in [1.807, 2.05) is 0 Å². The summed E-state index contributed by atoms with van der Waals surface area (Å²) in [6, 6.07) is 6.92. The fraction of sp³-hybridized carbons (Fsp3) is 0.650. The van der Waals surface area contributed by atoms with Crippen molar-refractivity contribution in [1.29, 1.82) is 0 Å². The molecule has 2 heterocycles. The smallest absolute Gasteiger partial charge is 0.240 e. The van der Waals surface area contributed by atoms with Gasteiger partial charge in [-0.2, -0.15) is 0 Å². The molecule has 0 saturated carbocycles. The molecule has 1 aromatic carbocycles. The Morgan fingerprint density at radius 3 is 2.46 bits per heavy atom. The summed E-state index contributed by atoms with van der Waals surface area (Å²) in [6.07, 6.45) is 2.20. The molecule has 2 fully saturated rings. The lowest BCUT2D eigenvalue weighted by atomic mass is 9.99. The highest BCUT2D eigenvalue weighted by atomic mass is 16.2.